The highest BCUT2D eigenvalue weighted by Crippen LogP contribution is 2.24. The fourth-order valence-corrected chi connectivity index (χ4v) is 2.07. The molecule has 0 atom stereocenters. The van der Waals surface area contributed by atoms with Gasteiger partial charge in [-0.05, 0) is 24.1 Å². The summed E-state index contributed by atoms with van der Waals surface area (Å²) in [5.41, 5.74) is 6.06. The van der Waals surface area contributed by atoms with Crippen LogP contribution in [0.5, 0.6) is 5.75 Å². The summed E-state index contributed by atoms with van der Waals surface area (Å²) in [5.74, 6) is 0.958. The highest BCUT2D eigenvalue weighted by atomic mass is 32.2. The lowest BCUT2D eigenvalue weighted by Gasteiger charge is -2.11. The quantitative estimate of drug-likeness (QED) is 0.610. The standard InChI is InChI=1S/C13H21NO4S/c1-10(2)9-17-6-7-18-13-5-4-11(8-12(13)14)19(3,15)16/h4-5,8,10H,6-7,9,14H2,1-3H3. The molecule has 0 aliphatic heterocycles. The summed E-state index contributed by atoms with van der Waals surface area (Å²) >= 11 is 0. The third kappa shape index (κ3) is 5.48. The number of rotatable bonds is 7. The van der Waals surface area contributed by atoms with Crippen molar-refractivity contribution in [1.29, 1.82) is 0 Å². The van der Waals surface area contributed by atoms with Crippen LogP contribution < -0.4 is 10.5 Å². The van der Waals surface area contributed by atoms with Crippen LogP contribution in [0, 0.1) is 5.92 Å². The van der Waals surface area contributed by atoms with E-state index >= 15 is 0 Å². The van der Waals surface area contributed by atoms with Gasteiger partial charge in [0.15, 0.2) is 9.84 Å². The first-order valence-corrected chi connectivity index (χ1v) is 8.00. The van der Waals surface area contributed by atoms with Crippen molar-refractivity contribution in [1.82, 2.24) is 0 Å². The van der Waals surface area contributed by atoms with Gasteiger partial charge in [0.25, 0.3) is 0 Å². The molecule has 2 N–H and O–H groups in total. The number of nitrogen functional groups attached to an aromatic ring is 1. The van der Waals surface area contributed by atoms with Crippen LogP contribution in [-0.4, -0.2) is 34.5 Å². The fraction of sp³-hybridized carbons (Fsp3) is 0.538. The molecule has 108 valence electrons. The van der Waals surface area contributed by atoms with E-state index in [0.29, 0.717) is 37.2 Å². The van der Waals surface area contributed by atoms with Crippen LogP contribution in [-0.2, 0) is 14.6 Å². The molecular formula is C13H21NO4S. The molecule has 1 aromatic rings. The Morgan fingerprint density at radius 3 is 2.47 bits per heavy atom. The maximum absolute atomic E-state index is 11.3. The van der Waals surface area contributed by atoms with E-state index in [4.69, 9.17) is 15.2 Å². The lowest BCUT2D eigenvalue weighted by atomic mass is 10.2. The van der Waals surface area contributed by atoms with Gasteiger partial charge >= 0.3 is 0 Å². The number of benzene rings is 1. The van der Waals surface area contributed by atoms with E-state index in [2.05, 4.69) is 13.8 Å². The minimum atomic E-state index is -3.24. The normalized spacial score (nSPS) is 11.8. The Hall–Kier alpha value is -1.27. The van der Waals surface area contributed by atoms with Crippen LogP contribution in [0.2, 0.25) is 0 Å². The Bertz CT molecular complexity index is 511. The first kappa shape index (κ1) is 15.8. The summed E-state index contributed by atoms with van der Waals surface area (Å²) < 4.78 is 33.5. The summed E-state index contributed by atoms with van der Waals surface area (Å²) in [5, 5.41) is 0. The van der Waals surface area contributed by atoms with E-state index in [-0.39, 0.29) is 4.90 Å². The van der Waals surface area contributed by atoms with E-state index in [1.54, 1.807) is 6.07 Å². The van der Waals surface area contributed by atoms with Crippen molar-refractivity contribution in [3.05, 3.63) is 18.2 Å². The SMILES string of the molecule is CC(C)COCCOc1ccc(S(C)(=O)=O)cc1N. The van der Waals surface area contributed by atoms with Crippen LogP contribution in [0.25, 0.3) is 0 Å². The summed E-state index contributed by atoms with van der Waals surface area (Å²) in [7, 11) is -3.24. The zero-order valence-corrected chi connectivity index (χ0v) is 12.4. The van der Waals surface area contributed by atoms with Gasteiger partial charge in [0.1, 0.15) is 12.4 Å². The second-order valence-corrected chi connectivity index (χ2v) is 6.80. The van der Waals surface area contributed by atoms with Gasteiger partial charge in [-0.15, -0.1) is 0 Å². The van der Waals surface area contributed by atoms with Crippen molar-refractivity contribution in [3.63, 3.8) is 0 Å². The smallest absolute Gasteiger partial charge is 0.175 e. The number of sulfone groups is 1. The molecule has 1 aromatic carbocycles. The molecule has 0 unspecified atom stereocenters. The average molecular weight is 287 g/mol. The van der Waals surface area contributed by atoms with Crippen LogP contribution in [0.1, 0.15) is 13.8 Å². The molecule has 6 heteroatoms. The van der Waals surface area contributed by atoms with Gasteiger partial charge in [0.05, 0.1) is 17.2 Å². The van der Waals surface area contributed by atoms with Crippen LogP contribution in [0.4, 0.5) is 5.69 Å². The summed E-state index contributed by atoms with van der Waals surface area (Å²) in [6, 6.07) is 4.45. The third-order valence-corrected chi connectivity index (χ3v) is 3.46. The van der Waals surface area contributed by atoms with E-state index < -0.39 is 9.84 Å². The predicted octanol–water partition coefficient (Wildman–Crippen LogP) is 1.72. The minimum absolute atomic E-state index is 0.188. The Kier molecular flexibility index (Phi) is 5.62. The Balaban J connectivity index is 2.52. The number of nitrogens with two attached hydrogens (primary N) is 1. The van der Waals surface area contributed by atoms with Crippen molar-refractivity contribution in [2.45, 2.75) is 18.7 Å². The van der Waals surface area contributed by atoms with Crippen molar-refractivity contribution in [3.8, 4) is 5.75 Å². The molecule has 0 heterocycles. The molecule has 0 aromatic heterocycles. The van der Waals surface area contributed by atoms with Crippen LogP contribution in [0.3, 0.4) is 0 Å². The van der Waals surface area contributed by atoms with Gasteiger partial charge < -0.3 is 15.2 Å². The van der Waals surface area contributed by atoms with Crippen molar-refractivity contribution < 1.29 is 17.9 Å². The van der Waals surface area contributed by atoms with Crippen molar-refractivity contribution in [2.24, 2.45) is 5.92 Å². The first-order chi connectivity index (χ1) is 8.80. The number of hydrogen-bond acceptors (Lipinski definition) is 5. The third-order valence-electron chi connectivity index (χ3n) is 2.35. The zero-order valence-electron chi connectivity index (χ0n) is 11.5. The Morgan fingerprint density at radius 2 is 1.95 bits per heavy atom. The van der Waals surface area contributed by atoms with Crippen LogP contribution in [0.15, 0.2) is 23.1 Å². The summed E-state index contributed by atoms with van der Waals surface area (Å²) in [6.45, 7) is 5.69. The van der Waals surface area contributed by atoms with E-state index in [1.165, 1.54) is 12.1 Å². The van der Waals surface area contributed by atoms with E-state index in [0.717, 1.165) is 6.26 Å². The molecule has 0 saturated carbocycles. The lowest BCUT2D eigenvalue weighted by Crippen LogP contribution is -2.11. The molecule has 0 spiro atoms. The minimum Gasteiger partial charge on any atom is -0.489 e. The molecule has 0 radical (unpaired) electrons. The molecule has 19 heavy (non-hydrogen) atoms. The van der Waals surface area contributed by atoms with E-state index in [1.807, 2.05) is 0 Å². The van der Waals surface area contributed by atoms with Crippen LogP contribution >= 0.6 is 0 Å². The second-order valence-electron chi connectivity index (χ2n) is 4.79. The van der Waals surface area contributed by atoms with E-state index in [9.17, 15) is 8.42 Å². The van der Waals surface area contributed by atoms with Gasteiger partial charge in [0.2, 0.25) is 0 Å². The lowest BCUT2D eigenvalue weighted by molar-refractivity contribution is 0.0821. The highest BCUT2D eigenvalue weighted by molar-refractivity contribution is 7.90. The number of anilines is 1. The molecule has 0 bridgehead atoms. The van der Waals surface area contributed by atoms with Gasteiger partial charge in [0, 0.05) is 12.9 Å². The molecule has 5 nitrogen and oxygen atoms in total. The van der Waals surface area contributed by atoms with Gasteiger partial charge in [-0.2, -0.15) is 0 Å². The largest absolute Gasteiger partial charge is 0.489 e. The number of hydrogen-bond donors (Lipinski definition) is 1. The molecule has 0 aliphatic rings. The molecule has 1 rings (SSSR count). The molecule has 0 fully saturated rings. The summed E-state index contributed by atoms with van der Waals surface area (Å²) in [6.07, 6.45) is 1.14. The van der Waals surface area contributed by atoms with Crippen molar-refractivity contribution in [2.75, 3.05) is 31.8 Å². The fourth-order valence-electron chi connectivity index (χ4n) is 1.42. The zero-order chi connectivity index (χ0) is 14.5. The predicted molar refractivity (Wildman–Crippen MR) is 75.1 cm³/mol. The molecule has 0 aliphatic carbocycles. The van der Waals surface area contributed by atoms with Gasteiger partial charge in [-0.3, -0.25) is 0 Å². The van der Waals surface area contributed by atoms with Gasteiger partial charge in [-0.25, -0.2) is 8.42 Å². The molecule has 0 saturated heterocycles. The molecule has 0 amide bonds. The van der Waals surface area contributed by atoms with Crippen molar-refractivity contribution >= 4 is 15.5 Å². The average Bonchev–Trinajstić information content (AvgIpc) is 2.28. The summed E-state index contributed by atoms with van der Waals surface area (Å²) in [4.78, 5) is 0.188. The Morgan fingerprint density at radius 1 is 1.26 bits per heavy atom. The second kappa shape index (κ2) is 6.77. The molecular weight excluding hydrogens is 266 g/mol. The maximum Gasteiger partial charge on any atom is 0.175 e. The monoisotopic (exact) mass is 287 g/mol. The topological polar surface area (TPSA) is 78.6 Å². The highest BCUT2D eigenvalue weighted by Gasteiger charge is 2.10. The van der Waals surface area contributed by atoms with Gasteiger partial charge in [-0.1, -0.05) is 13.8 Å². The number of ether oxygens (including phenoxy) is 2. The maximum atomic E-state index is 11.3. The Labute approximate surface area is 114 Å². The first-order valence-electron chi connectivity index (χ1n) is 6.11.